The molecule has 5 heteroatoms. The quantitative estimate of drug-likeness (QED) is 0.912. The maximum absolute atomic E-state index is 12.5. The molecule has 2 fully saturated rings. The molecule has 1 amide bonds. The predicted molar refractivity (Wildman–Crippen MR) is 90.0 cm³/mol. The average Bonchev–Trinajstić information content (AvgIpc) is 2.63. The Hall–Kier alpha value is -1.43. The van der Waals surface area contributed by atoms with Crippen LogP contribution in [-0.2, 0) is 9.53 Å². The highest BCUT2D eigenvalue weighted by Crippen LogP contribution is 2.19. The Bertz CT molecular complexity index is 494. The van der Waals surface area contributed by atoms with Crippen molar-refractivity contribution in [2.24, 2.45) is 5.73 Å². The molecule has 0 bridgehead atoms. The Balaban J connectivity index is 1.46. The number of benzene rings is 1. The van der Waals surface area contributed by atoms with Crippen molar-refractivity contribution in [1.29, 1.82) is 0 Å². The predicted octanol–water partition coefficient (Wildman–Crippen LogP) is 1.40. The maximum Gasteiger partial charge on any atom is 0.224 e. The van der Waals surface area contributed by atoms with Crippen LogP contribution in [0.3, 0.4) is 0 Å². The molecule has 2 N–H and O–H groups in total. The van der Waals surface area contributed by atoms with E-state index in [4.69, 9.17) is 10.5 Å². The van der Waals surface area contributed by atoms with Crippen LogP contribution in [0.2, 0.25) is 0 Å². The number of nitrogens with two attached hydrogens (primary N) is 1. The first-order chi connectivity index (χ1) is 11.2. The molecule has 0 radical (unpaired) electrons. The summed E-state index contributed by atoms with van der Waals surface area (Å²) in [6, 6.07) is 10.3. The number of amides is 1. The van der Waals surface area contributed by atoms with Crippen LogP contribution in [-0.4, -0.2) is 61.1 Å². The summed E-state index contributed by atoms with van der Waals surface area (Å²) in [6.45, 7) is 5.31. The fourth-order valence-electron chi connectivity index (χ4n) is 3.52. The third-order valence-electron chi connectivity index (χ3n) is 5.00. The molecule has 0 aromatic heterocycles. The lowest BCUT2D eigenvalue weighted by Gasteiger charge is -2.40. The fourth-order valence-corrected chi connectivity index (χ4v) is 3.52. The van der Waals surface area contributed by atoms with Crippen molar-refractivity contribution in [3.8, 4) is 0 Å². The third-order valence-corrected chi connectivity index (χ3v) is 5.00. The van der Waals surface area contributed by atoms with Crippen LogP contribution < -0.4 is 5.73 Å². The number of ether oxygens (including phenoxy) is 1. The van der Waals surface area contributed by atoms with Gasteiger partial charge in [0, 0.05) is 57.9 Å². The van der Waals surface area contributed by atoms with E-state index in [-0.39, 0.29) is 11.9 Å². The molecule has 5 nitrogen and oxygen atoms in total. The molecule has 1 unspecified atom stereocenters. The highest BCUT2D eigenvalue weighted by atomic mass is 16.5. The number of nitrogens with zero attached hydrogens (tertiary/aromatic N) is 2. The second kappa shape index (κ2) is 7.90. The van der Waals surface area contributed by atoms with Gasteiger partial charge in [0.1, 0.15) is 0 Å². The lowest BCUT2D eigenvalue weighted by atomic mass is 10.0. The first-order valence-electron chi connectivity index (χ1n) is 8.64. The van der Waals surface area contributed by atoms with E-state index in [1.165, 1.54) is 0 Å². The molecule has 0 saturated carbocycles. The van der Waals surface area contributed by atoms with Crippen LogP contribution >= 0.6 is 0 Å². The smallest absolute Gasteiger partial charge is 0.224 e. The zero-order chi connectivity index (χ0) is 16.1. The van der Waals surface area contributed by atoms with E-state index in [2.05, 4.69) is 4.90 Å². The molecule has 1 atom stereocenters. The highest BCUT2D eigenvalue weighted by molar-refractivity contribution is 5.77. The van der Waals surface area contributed by atoms with Crippen LogP contribution in [0.4, 0.5) is 0 Å². The van der Waals surface area contributed by atoms with E-state index in [0.717, 1.165) is 57.8 Å². The molecule has 2 saturated heterocycles. The number of hydrogen-bond acceptors (Lipinski definition) is 4. The van der Waals surface area contributed by atoms with Gasteiger partial charge in [-0.05, 0) is 18.4 Å². The summed E-state index contributed by atoms with van der Waals surface area (Å²) >= 11 is 0. The van der Waals surface area contributed by atoms with Gasteiger partial charge < -0.3 is 15.4 Å². The first kappa shape index (κ1) is 16.4. The molecule has 1 aromatic rings. The topological polar surface area (TPSA) is 58.8 Å². The summed E-state index contributed by atoms with van der Waals surface area (Å²) in [4.78, 5) is 17.0. The highest BCUT2D eigenvalue weighted by Gasteiger charge is 2.27. The standard InChI is InChI=1S/C18H27N3O2/c19-17(15-4-2-1-3-5-15)14-18(22)21-10-8-20(9-11-21)16-6-12-23-13-7-16/h1-5,16-17H,6-14,19H2. The fraction of sp³-hybridized carbons (Fsp3) is 0.611. The molecular weight excluding hydrogens is 290 g/mol. The van der Waals surface area contributed by atoms with Gasteiger partial charge in [-0.2, -0.15) is 0 Å². The molecule has 1 aromatic carbocycles. The van der Waals surface area contributed by atoms with Gasteiger partial charge in [-0.15, -0.1) is 0 Å². The SMILES string of the molecule is NC(CC(=O)N1CCN(C2CCOCC2)CC1)c1ccccc1. The summed E-state index contributed by atoms with van der Waals surface area (Å²) in [6.07, 6.45) is 2.63. The zero-order valence-corrected chi connectivity index (χ0v) is 13.7. The van der Waals surface area contributed by atoms with Crippen molar-refractivity contribution in [3.05, 3.63) is 35.9 Å². The summed E-state index contributed by atoms with van der Waals surface area (Å²) in [5, 5.41) is 0. The number of piperazine rings is 1. The first-order valence-corrected chi connectivity index (χ1v) is 8.64. The number of rotatable bonds is 4. The van der Waals surface area contributed by atoms with Gasteiger partial charge in [0.05, 0.1) is 0 Å². The molecule has 2 aliphatic heterocycles. The van der Waals surface area contributed by atoms with Gasteiger partial charge in [-0.25, -0.2) is 0 Å². The van der Waals surface area contributed by atoms with Crippen LogP contribution in [0.25, 0.3) is 0 Å². The number of carbonyl (C=O) groups is 1. The minimum atomic E-state index is -0.211. The van der Waals surface area contributed by atoms with Crippen LogP contribution in [0.5, 0.6) is 0 Å². The summed E-state index contributed by atoms with van der Waals surface area (Å²) in [5.41, 5.74) is 7.20. The van der Waals surface area contributed by atoms with Gasteiger partial charge >= 0.3 is 0 Å². The second-order valence-electron chi connectivity index (χ2n) is 6.48. The van der Waals surface area contributed by atoms with Crippen molar-refractivity contribution in [3.63, 3.8) is 0 Å². The van der Waals surface area contributed by atoms with Crippen LogP contribution in [0.15, 0.2) is 30.3 Å². The van der Waals surface area contributed by atoms with E-state index in [1.54, 1.807) is 0 Å². The van der Waals surface area contributed by atoms with E-state index >= 15 is 0 Å². The largest absolute Gasteiger partial charge is 0.381 e. The normalized spacial score (nSPS) is 22.0. The van der Waals surface area contributed by atoms with E-state index in [1.807, 2.05) is 35.2 Å². The van der Waals surface area contributed by atoms with Crippen molar-refractivity contribution >= 4 is 5.91 Å². The minimum Gasteiger partial charge on any atom is -0.381 e. The second-order valence-corrected chi connectivity index (χ2v) is 6.48. The lowest BCUT2D eigenvalue weighted by Crippen LogP contribution is -2.53. The molecular formula is C18H27N3O2. The number of carbonyl (C=O) groups excluding carboxylic acids is 1. The zero-order valence-electron chi connectivity index (χ0n) is 13.7. The Labute approximate surface area is 138 Å². The van der Waals surface area contributed by atoms with E-state index < -0.39 is 0 Å². The Morgan fingerprint density at radius 1 is 1.13 bits per heavy atom. The Morgan fingerprint density at radius 2 is 1.78 bits per heavy atom. The molecule has 2 aliphatic rings. The lowest BCUT2D eigenvalue weighted by molar-refractivity contribution is -0.134. The van der Waals surface area contributed by atoms with Crippen LogP contribution in [0, 0.1) is 0 Å². The Morgan fingerprint density at radius 3 is 2.43 bits per heavy atom. The van der Waals surface area contributed by atoms with Gasteiger partial charge in [0.15, 0.2) is 0 Å². The maximum atomic E-state index is 12.5. The van der Waals surface area contributed by atoms with Gasteiger partial charge in [0.25, 0.3) is 0 Å². The van der Waals surface area contributed by atoms with Crippen molar-refractivity contribution in [1.82, 2.24) is 9.80 Å². The van der Waals surface area contributed by atoms with Crippen molar-refractivity contribution in [2.45, 2.75) is 31.3 Å². The van der Waals surface area contributed by atoms with Crippen LogP contribution in [0.1, 0.15) is 30.9 Å². The molecule has 23 heavy (non-hydrogen) atoms. The van der Waals surface area contributed by atoms with Crippen molar-refractivity contribution < 1.29 is 9.53 Å². The summed E-state index contributed by atoms with van der Waals surface area (Å²) in [5.74, 6) is 0.174. The third kappa shape index (κ3) is 4.31. The summed E-state index contributed by atoms with van der Waals surface area (Å²) in [7, 11) is 0. The Kier molecular flexibility index (Phi) is 5.65. The molecule has 3 rings (SSSR count). The average molecular weight is 317 g/mol. The van der Waals surface area contributed by atoms with E-state index in [0.29, 0.717) is 12.5 Å². The molecule has 2 heterocycles. The molecule has 0 spiro atoms. The minimum absolute atomic E-state index is 0.174. The van der Waals surface area contributed by atoms with Gasteiger partial charge in [-0.3, -0.25) is 9.69 Å². The molecule has 126 valence electrons. The molecule has 0 aliphatic carbocycles. The van der Waals surface area contributed by atoms with Gasteiger partial charge in [0.2, 0.25) is 5.91 Å². The van der Waals surface area contributed by atoms with E-state index in [9.17, 15) is 4.79 Å². The monoisotopic (exact) mass is 317 g/mol. The number of hydrogen-bond donors (Lipinski definition) is 1. The van der Waals surface area contributed by atoms with Gasteiger partial charge in [-0.1, -0.05) is 30.3 Å². The van der Waals surface area contributed by atoms with Crippen molar-refractivity contribution in [2.75, 3.05) is 39.4 Å². The summed E-state index contributed by atoms with van der Waals surface area (Å²) < 4.78 is 5.43.